The Balaban J connectivity index is 2.13. The second-order valence-electron chi connectivity index (χ2n) is 6.96. The molecule has 2 saturated heterocycles. The Morgan fingerprint density at radius 1 is 1.19 bits per heavy atom. The molecule has 2 rings (SSSR count). The van der Waals surface area contributed by atoms with Gasteiger partial charge in [-0.3, -0.25) is 4.79 Å². The monoisotopic (exact) mass is 405 g/mol. The Morgan fingerprint density at radius 2 is 1.78 bits per heavy atom. The largest absolute Gasteiger partial charge is 0.480 e. The maximum absolute atomic E-state index is 13.0. The SMILES string of the molecule is CCNC(=O)NC1(C(=O)NC(C(=O)O)C2CCS(=O)(=O)CC2)CCOCC1. The maximum Gasteiger partial charge on any atom is 0.326 e. The zero-order valence-corrected chi connectivity index (χ0v) is 16.1. The molecule has 2 fully saturated rings. The fraction of sp³-hybridized carbons (Fsp3) is 0.812. The zero-order valence-electron chi connectivity index (χ0n) is 15.3. The molecule has 0 saturated carbocycles. The number of carboxylic acid groups (broad SMARTS) is 1. The lowest BCUT2D eigenvalue weighted by Crippen LogP contribution is -2.65. The molecule has 2 heterocycles. The fourth-order valence-electron chi connectivity index (χ4n) is 3.45. The summed E-state index contributed by atoms with van der Waals surface area (Å²) in [6.45, 7) is 2.65. The van der Waals surface area contributed by atoms with E-state index in [2.05, 4.69) is 16.0 Å². The average Bonchev–Trinajstić information content (AvgIpc) is 2.60. The Kier molecular flexibility index (Phi) is 7.04. The highest BCUT2D eigenvalue weighted by Gasteiger charge is 2.44. The van der Waals surface area contributed by atoms with Crippen molar-refractivity contribution in [1.29, 1.82) is 0 Å². The first-order chi connectivity index (χ1) is 12.7. The molecule has 27 heavy (non-hydrogen) atoms. The molecule has 0 spiro atoms. The van der Waals surface area contributed by atoms with E-state index in [1.807, 2.05) is 0 Å². The minimum atomic E-state index is -3.15. The lowest BCUT2D eigenvalue weighted by atomic mass is 9.87. The van der Waals surface area contributed by atoms with Crippen molar-refractivity contribution in [2.45, 2.75) is 44.2 Å². The van der Waals surface area contributed by atoms with Crippen molar-refractivity contribution >= 4 is 27.7 Å². The molecule has 2 aliphatic rings. The summed E-state index contributed by atoms with van der Waals surface area (Å²) >= 11 is 0. The number of amides is 3. The first-order valence-corrected chi connectivity index (χ1v) is 10.9. The van der Waals surface area contributed by atoms with Crippen LogP contribution >= 0.6 is 0 Å². The van der Waals surface area contributed by atoms with Gasteiger partial charge in [0.25, 0.3) is 0 Å². The van der Waals surface area contributed by atoms with Gasteiger partial charge >= 0.3 is 12.0 Å². The number of urea groups is 1. The van der Waals surface area contributed by atoms with Crippen LogP contribution in [0.1, 0.15) is 32.6 Å². The van der Waals surface area contributed by atoms with Crippen LogP contribution in [0.15, 0.2) is 0 Å². The molecule has 2 aliphatic heterocycles. The van der Waals surface area contributed by atoms with Crippen molar-refractivity contribution in [3.63, 3.8) is 0 Å². The summed E-state index contributed by atoms with van der Waals surface area (Å²) in [7, 11) is -3.15. The molecule has 11 heteroatoms. The molecule has 3 amide bonds. The van der Waals surface area contributed by atoms with Gasteiger partial charge in [-0.25, -0.2) is 18.0 Å². The van der Waals surface area contributed by atoms with Gasteiger partial charge in [-0.1, -0.05) is 0 Å². The molecule has 4 N–H and O–H groups in total. The Bertz CT molecular complexity index is 660. The number of hydrogen-bond donors (Lipinski definition) is 4. The van der Waals surface area contributed by atoms with Crippen LogP contribution in [0, 0.1) is 5.92 Å². The Morgan fingerprint density at radius 3 is 2.30 bits per heavy atom. The van der Waals surface area contributed by atoms with Gasteiger partial charge in [0, 0.05) is 32.6 Å². The third-order valence-electron chi connectivity index (χ3n) is 5.09. The average molecular weight is 405 g/mol. The topological polar surface area (TPSA) is 151 Å². The van der Waals surface area contributed by atoms with Crippen LogP contribution in [-0.2, 0) is 24.2 Å². The molecular formula is C16H27N3O7S. The van der Waals surface area contributed by atoms with E-state index in [4.69, 9.17) is 4.74 Å². The number of carbonyl (C=O) groups is 3. The van der Waals surface area contributed by atoms with Crippen LogP contribution in [0.25, 0.3) is 0 Å². The molecule has 10 nitrogen and oxygen atoms in total. The number of hydrogen-bond acceptors (Lipinski definition) is 6. The highest BCUT2D eigenvalue weighted by molar-refractivity contribution is 7.91. The van der Waals surface area contributed by atoms with Crippen molar-refractivity contribution in [2.75, 3.05) is 31.3 Å². The molecule has 0 aromatic carbocycles. The van der Waals surface area contributed by atoms with Gasteiger partial charge in [0.2, 0.25) is 5.91 Å². The lowest BCUT2D eigenvalue weighted by molar-refractivity contribution is -0.145. The van der Waals surface area contributed by atoms with Gasteiger partial charge in [0.05, 0.1) is 11.5 Å². The van der Waals surface area contributed by atoms with Gasteiger partial charge in [-0.05, 0) is 25.7 Å². The van der Waals surface area contributed by atoms with E-state index in [-0.39, 0.29) is 50.4 Å². The second-order valence-corrected chi connectivity index (χ2v) is 9.26. The van der Waals surface area contributed by atoms with E-state index < -0.39 is 45.2 Å². The molecule has 1 atom stereocenters. The summed E-state index contributed by atoms with van der Waals surface area (Å²) < 4.78 is 28.5. The summed E-state index contributed by atoms with van der Waals surface area (Å²) in [5, 5.41) is 17.3. The predicted molar refractivity (Wildman–Crippen MR) is 95.9 cm³/mol. The summed E-state index contributed by atoms with van der Waals surface area (Å²) in [4.78, 5) is 36.7. The van der Waals surface area contributed by atoms with E-state index >= 15 is 0 Å². The van der Waals surface area contributed by atoms with Crippen LogP contribution in [-0.4, -0.2) is 74.3 Å². The number of sulfone groups is 1. The third-order valence-corrected chi connectivity index (χ3v) is 6.81. The number of carboxylic acids is 1. The van der Waals surface area contributed by atoms with Crippen LogP contribution in [0.2, 0.25) is 0 Å². The third kappa shape index (κ3) is 5.55. The van der Waals surface area contributed by atoms with E-state index in [9.17, 15) is 27.9 Å². The molecule has 0 aromatic heterocycles. The highest BCUT2D eigenvalue weighted by atomic mass is 32.2. The minimum absolute atomic E-state index is 0.0898. The molecule has 1 unspecified atom stereocenters. The van der Waals surface area contributed by atoms with E-state index in [0.29, 0.717) is 6.54 Å². The van der Waals surface area contributed by atoms with Crippen molar-refractivity contribution in [2.24, 2.45) is 5.92 Å². The highest BCUT2D eigenvalue weighted by Crippen LogP contribution is 2.25. The van der Waals surface area contributed by atoms with Crippen molar-refractivity contribution in [1.82, 2.24) is 16.0 Å². The quantitative estimate of drug-likeness (QED) is 0.454. The number of ether oxygens (including phenoxy) is 1. The molecule has 0 radical (unpaired) electrons. The second kappa shape index (κ2) is 8.87. The van der Waals surface area contributed by atoms with Crippen molar-refractivity contribution < 1.29 is 32.6 Å². The Hall–Kier alpha value is -1.88. The first kappa shape index (κ1) is 21.4. The van der Waals surface area contributed by atoms with Gasteiger partial charge in [0.1, 0.15) is 21.4 Å². The molecule has 0 bridgehead atoms. The lowest BCUT2D eigenvalue weighted by Gasteiger charge is -2.38. The number of aliphatic carboxylic acids is 1. The van der Waals surface area contributed by atoms with Crippen molar-refractivity contribution in [3.05, 3.63) is 0 Å². The van der Waals surface area contributed by atoms with Gasteiger partial charge in [-0.2, -0.15) is 0 Å². The van der Waals surface area contributed by atoms with Crippen LogP contribution in [0.3, 0.4) is 0 Å². The smallest absolute Gasteiger partial charge is 0.326 e. The number of carbonyl (C=O) groups excluding carboxylic acids is 2. The first-order valence-electron chi connectivity index (χ1n) is 9.07. The van der Waals surface area contributed by atoms with Gasteiger partial charge in [-0.15, -0.1) is 0 Å². The minimum Gasteiger partial charge on any atom is -0.480 e. The van der Waals surface area contributed by atoms with Crippen LogP contribution in [0.5, 0.6) is 0 Å². The van der Waals surface area contributed by atoms with E-state index in [0.717, 1.165) is 0 Å². The van der Waals surface area contributed by atoms with Crippen molar-refractivity contribution in [3.8, 4) is 0 Å². The molecule has 0 aliphatic carbocycles. The summed E-state index contributed by atoms with van der Waals surface area (Å²) in [6, 6.07) is -1.71. The standard InChI is InChI=1S/C16H27N3O7S/c1-2-17-15(23)19-16(5-7-26-8-6-16)14(22)18-12(13(20)21)11-3-9-27(24,25)10-4-11/h11-12H,2-10H2,1H3,(H,18,22)(H,20,21)(H2,17,19,23). The normalized spacial score (nSPS) is 23.0. The molecular weight excluding hydrogens is 378 g/mol. The van der Waals surface area contributed by atoms with Crippen LogP contribution < -0.4 is 16.0 Å². The number of nitrogens with one attached hydrogen (secondary N) is 3. The summed E-state index contributed by atoms with van der Waals surface area (Å²) in [6.07, 6.45) is 0.807. The van der Waals surface area contributed by atoms with E-state index in [1.54, 1.807) is 6.92 Å². The summed E-state index contributed by atoms with van der Waals surface area (Å²) in [5.41, 5.74) is -1.26. The Labute approximate surface area is 158 Å². The van der Waals surface area contributed by atoms with Crippen LogP contribution in [0.4, 0.5) is 4.79 Å². The fourth-order valence-corrected chi connectivity index (χ4v) is 4.98. The molecule has 154 valence electrons. The number of rotatable bonds is 6. The maximum atomic E-state index is 13.0. The molecule has 0 aromatic rings. The zero-order chi connectivity index (χ0) is 20.1. The van der Waals surface area contributed by atoms with Gasteiger partial charge in [0.15, 0.2) is 0 Å². The van der Waals surface area contributed by atoms with Gasteiger partial charge < -0.3 is 25.8 Å². The summed E-state index contributed by atoms with van der Waals surface area (Å²) in [5.74, 6) is -2.46. The predicted octanol–water partition coefficient (Wildman–Crippen LogP) is -0.751. The van der Waals surface area contributed by atoms with E-state index in [1.165, 1.54) is 0 Å².